The molecule has 1 aliphatic carbocycles. The van der Waals surface area contributed by atoms with Gasteiger partial charge in [-0.15, -0.1) is 0 Å². The second-order valence-electron chi connectivity index (χ2n) is 7.66. The number of aryl methyl sites for hydroxylation is 1. The van der Waals surface area contributed by atoms with Gasteiger partial charge in [-0.25, -0.2) is 0 Å². The van der Waals surface area contributed by atoms with Crippen LogP contribution in [0.3, 0.4) is 0 Å². The van der Waals surface area contributed by atoms with Crippen LogP contribution in [0.5, 0.6) is 0 Å². The van der Waals surface area contributed by atoms with Crippen LogP contribution in [0.25, 0.3) is 6.08 Å². The van der Waals surface area contributed by atoms with Crippen molar-refractivity contribution in [1.82, 2.24) is 0 Å². The predicted octanol–water partition coefficient (Wildman–Crippen LogP) is 3.21. The first-order valence-electron chi connectivity index (χ1n) is 8.56. The van der Waals surface area contributed by atoms with E-state index in [1.165, 1.54) is 0 Å². The van der Waals surface area contributed by atoms with Gasteiger partial charge in [-0.2, -0.15) is 0 Å². The zero-order valence-electron chi connectivity index (χ0n) is 14.9. The number of aliphatic hydroxyl groups is 1. The Hall–Kier alpha value is -1.43. The molecule has 0 bridgehead atoms. The standard InChI is InChI=1S/C19H25BO4/c1-18(2)19(3,4)24-20(23-18)15(12-21)10-13-8-9-14-6-5-7-17(22)16(14)11-13/h8-11,21H,5-7,12H2,1-4H3. The molecule has 0 unspecified atom stereocenters. The molecule has 1 aromatic rings. The van der Waals surface area contributed by atoms with Crippen molar-refractivity contribution in [2.45, 2.75) is 58.2 Å². The van der Waals surface area contributed by atoms with Crippen LogP contribution < -0.4 is 0 Å². The van der Waals surface area contributed by atoms with E-state index in [4.69, 9.17) is 9.31 Å². The van der Waals surface area contributed by atoms with Crippen molar-refractivity contribution in [3.8, 4) is 0 Å². The first-order chi connectivity index (χ1) is 11.2. The molecule has 1 N–H and O–H groups in total. The first-order valence-corrected chi connectivity index (χ1v) is 8.56. The van der Waals surface area contributed by atoms with E-state index in [1.54, 1.807) is 0 Å². The monoisotopic (exact) mass is 328 g/mol. The molecule has 128 valence electrons. The molecule has 4 nitrogen and oxygen atoms in total. The molecule has 0 saturated carbocycles. The van der Waals surface area contributed by atoms with E-state index in [-0.39, 0.29) is 12.4 Å². The maximum Gasteiger partial charge on any atom is 0.492 e. The number of benzene rings is 1. The van der Waals surface area contributed by atoms with Gasteiger partial charge in [0.2, 0.25) is 0 Å². The summed E-state index contributed by atoms with van der Waals surface area (Å²) in [5.74, 6) is 0.202. The summed E-state index contributed by atoms with van der Waals surface area (Å²) in [5, 5.41) is 9.78. The van der Waals surface area contributed by atoms with Crippen LogP contribution in [0, 0.1) is 0 Å². The lowest BCUT2D eigenvalue weighted by atomic mass is 9.77. The van der Waals surface area contributed by atoms with Crippen LogP contribution in [0.4, 0.5) is 0 Å². The number of hydrogen-bond donors (Lipinski definition) is 1. The van der Waals surface area contributed by atoms with Crippen LogP contribution in [-0.2, 0) is 15.7 Å². The van der Waals surface area contributed by atoms with E-state index in [0.29, 0.717) is 11.9 Å². The molecule has 2 aliphatic rings. The van der Waals surface area contributed by atoms with Gasteiger partial charge in [0.05, 0.1) is 17.8 Å². The smallest absolute Gasteiger partial charge is 0.400 e. The van der Waals surface area contributed by atoms with Gasteiger partial charge in [0, 0.05) is 12.0 Å². The second kappa shape index (κ2) is 6.14. The predicted molar refractivity (Wildman–Crippen MR) is 94.9 cm³/mol. The largest absolute Gasteiger partial charge is 0.492 e. The van der Waals surface area contributed by atoms with Crippen LogP contribution in [-0.4, -0.2) is 35.8 Å². The van der Waals surface area contributed by atoms with E-state index in [0.717, 1.165) is 29.5 Å². The number of carbonyl (C=O) groups is 1. The highest BCUT2D eigenvalue weighted by molar-refractivity contribution is 6.55. The minimum absolute atomic E-state index is 0.151. The molecule has 24 heavy (non-hydrogen) atoms. The molecule has 1 saturated heterocycles. The Kier molecular flexibility index (Phi) is 4.45. The maximum absolute atomic E-state index is 12.1. The van der Waals surface area contributed by atoms with E-state index in [1.807, 2.05) is 52.0 Å². The van der Waals surface area contributed by atoms with Crippen molar-refractivity contribution in [2.75, 3.05) is 6.61 Å². The van der Waals surface area contributed by atoms with Crippen LogP contribution in [0.15, 0.2) is 23.7 Å². The molecule has 0 spiro atoms. The highest BCUT2D eigenvalue weighted by Crippen LogP contribution is 2.38. The highest BCUT2D eigenvalue weighted by atomic mass is 16.7. The van der Waals surface area contributed by atoms with Crippen molar-refractivity contribution in [1.29, 1.82) is 0 Å². The fraction of sp³-hybridized carbons (Fsp3) is 0.526. The quantitative estimate of drug-likeness (QED) is 0.866. The van der Waals surface area contributed by atoms with Crippen LogP contribution >= 0.6 is 0 Å². The summed E-state index contributed by atoms with van der Waals surface area (Å²) in [4.78, 5) is 12.1. The lowest BCUT2D eigenvalue weighted by Gasteiger charge is -2.32. The Balaban J connectivity index is 1.89. The summed E-state index contributed by atoms with van der Waals surface area (Å²) >= 11 is 0. The minimum atomic E-state index is -0.577. The number of aliphatic hydroxyl groups excluding tert-OH is 1. The van der Waals surface area contributed by atoms with Crippen molar-refractivity contribution < 1.29 is 19.2 Å². The molecular formula is C19H25BO4. The van der Waals surface area contributed by atoms with Crippen molar-refractivity contribution >= 4 is 19.0 Å². The Morgan fingerprint density at radius 3 is 2.50 bits per heavy atom. The third-order valence-electron chi connectivity index (χ3n) is 5.37. The molecule has 1 aromatic carbocycles. The average molecular weight is 328 g/mol. The van der Waals surface area contributed by atoms with E-state index in [9.17, 15) is 9.90 Å². The fourth-order valence-electron chi connectivity index (χ4n) is 3.13. The topological polar surface area (TPSA) is 55.8 Å². The number of fused-ring (bicyclic) bond motifs is 1. The summed E-state index contributed by atoms with van der Waals surface area (Å²) < 4.78 is 12.0. The van der Waals surface area contributed by atoms with Gasteiger partial charge >= 0.3 is 7.12 Å². The lowest BCUT2D eigenvalue weighted by molar-refractivity contribution is 0.00578. The van der Waals surface area contributed by atoms with Crippen LogP contribution in [0.1, 0.15) is 62.0 Å². The molecule has 0 aromatic heterocycles. The number of hydrogen-bond acceptors (Lipinski definition) is 4. The van der Waals surface area contributed by atoms with Crippen molar-refractivity contribution in [3.05, 3.63) is 40.4 Å². The van der Waals surface area contributed by atoms with Gasteiger partial charge in [0.15, 0.2) is 5.78 Å². The Bertz CT molecular complexity index is 675. The molecule has 5 heteroatoms. The van der Waals surface area contributed by atoms with Gasteiger partial charge in [-0.05, 0) is 63.2 Å². The molecule has 1 aliphatic heterocycles. The number of carbonyl (C=O) groups excluding carboxylic acids is 1. The third-order valence-corrected chi connectivity index (χ3v) is 5.37. The van der Waals surface area contributed by atoms with E-state index < -0.39 is 18.3 Å². The average Bonchev–Trinajstić information content (AvgIpc) is 2.73. The normalized spacial score (nSPS) is 22.6. The van der Waals surface area contributed by atoms with Crippen LogP contribution in [0.2, 0.25) is 0 Å². The minimum Gasteiger partial charge on any atom is -0.400 e. The summed E-state index contributed by atoms with van der Waals surface area (Å²) in [6.45, 7) is 7.79. The molecule has 0 radical (unpaired) electrons. The Morgan fingerprint density at radius 1 is 1.21 bits per heavy atom. The van der Waals surface area contributed by atoms with Gasteiger partial charge < -0.3 is 14.4 Å². The lowest BCUT2D eigenvalue weighted by Crippen LogP contribution is -2.41. The highest BCUT2D eigenvalue weighted by Gasteiger charge is 2.52. The third kappa shape index (κ3) is 3.08. The van der Waals surface area contributed by atoms with E-state index >= 15 is 0 Å². The molecule has 1 heterocycles. The van der Waals surface area contributed by atoms with Gasteiger partial charge in [-0.1, -0.05) is 18.2 Å². The Morgan fingerprint density at radius 2 is 1.88 bits per heavy atom. The van der Waals surface area contributed by atoms with Gasteiger partial charge in [0.1, 0.15) is 0 Å². The molecule has 1 fully saturated rings. The summed E-state index contributed by atoms with van der Waals surface area (Å²) in [7, 11) is -0.577. The fourth-order valence-corrected chi connectivity index (χ4v) is 3.13. The van der Waals surface area contributed by atoms with Crippen molar-refractivity contribution in [3.63, 3.8) is 0 Å². The molecule has 3 rings (SSSR count). The summed E-state index contributed by atoms with van der Waals surface area (Å²) in [6.07, 6.45) is 4.36. The summed E-state index contributed by atoms with van der Waals surface area (Å²) in [5.41, 5.74) is 2.58. The molecular weight excluding hydrogens is 303 g/mol. The number of Topliss-reactive ketones (excluding diaryl/α,β-unsaturated/α-hetero) is 1. The Labute approximate surface area is 144 Å². The number of rotatable bonds is 3. The zero-order chi connectivity index (χ0) is 17.5. The van der Waals surface area contributed by atoms with Crippen molar-refractivity contribution in [2.24, 2.45) is 0 Å². The molecule has 0 amide bonds. The maximum atomic E-state index is 12.1. The SMILES string of the molecule is CC1(C)OB(C(=Cc2ccc3c(c2)C(=O)CCC3)CO)OC1(C)C. The molecule has 0 atom stereocenters. The number of ketones is 1. The first kappa shape index (κ1) is 17.4. The van der Waals surface area contributed by atoms with Gasteiger partial charge in [-0.3, -0.25) is 4.79 Å². The second-order valence-corrected chi connectivity index (χ2v) is 7.66. The van der Waals surface area contributed by atoms with Gasteiger partial charge in [0.25, 0.3) is 0 Å². The zero-order valence-corrected chi connectivity index (χ0v) is 14.9. The summed E-state index contributed by atoms with van der Waals surface area (Å²) in [6, 6.07) is 5.91. The van der Waals surface area contributed by atoms with E-state index in [2.05, 4.69) is 0 Å².